The number of hydrogen-bond donors (Lipinski definition) is 2. The number of ether oxygens (including phenoxy) is 2. The fraction of sp³-hybridized carbons (Fsp3) is 0.360. The van der Waals surface area contributed by atoms with Crippen LogP contribution in [-0.2, 0) is 9.53 Å². The Bertz CT molecular complexity index is 1180. The Labute approximate surface area is 197 Å². The molecule has 8 nitrogen and oxygen atoms in total. The maximum Gasteiger partial charge on any atom is 0.356 e. The summed E-state index contributed by atoms with van der Waals surface area (Å²) in [5.41, 5.74) is 2.00. The van der Waals surface area contributed by atoms with Gasteiger partial charge < -0.3 is 24.7 Å². The summed E-state index contributed by atoms with van der Waals surface area (Å²) in [4.78, 5) is 32.7. The molecular weight excluding hydrogens is 439 g/mol. The number of fused-ring (bicyclic) bond motifs is 1. The zero-order valence-corrected chi connectivity index (χ0v) is 19.6. The number of aromatic amines is 1. The molecule has 1 unspecified atom stereocenters. The van der Waals surface area contributed by atoms with Crippen molar-refractivity contribution in [3.63, 3.8) is 0 Å². The number of rotatable bonds is 7. The number of nitrogens with one attached hydrogen (secondary N) is 2. The van der Waals surface area contributed by atoms with E-state index in [-0.39, 0.29) is 36.5 Å². The summed E-state index contributed by atoms with van der Waals surface area (Å²) in [5.74, 6) is -0.524. The minimum Gasteiger partial charge on any atom is -0.497 e. The molecule has 1 aliphatic rings. The minimum absolute atomic E-state index is 0.105. The molecule has 9 heteroatoms. The summed E-state index contributed by atoms with van der Waals surface area (Å²) in [5, 5.41) is 3.24. The van der Waals surface area contributed by atoms with Crippen LogP contribution in [0.5, 0.6) is 5.75 Å². The Balaban J connectivity index is 1.44. The van der Waals surface area contributed by atoms with Crippen LogP contribution in [0.3, 0.4) is 0 Å². The van der Waals surface area contributed by atoms with Crippen LogP contribution in [0.4, 0.5) is 15.8 Å². The van der Waals surface area contributed by atoms with E-state index in [1.165, 1.54) is 18.2 Å². The average molecular weight is 469 g/mol. The van der Waals surface area contributed by atoms with Gasteiger partial charge in [-0.1, -0.05) is 0 Å². The van der Waals surface area contributed by atoms with Crippen molar-refractivity contribution < 1.29 is 23.5 Å². The van der Waals surface area contributed by atoms with Crippen LogP contribution in [-0.4, -0.2) is 67.7 Å². The molecule has 1 atom stereocenters. The summed E-state index contributed by atoms with van der Waals surface area (Å²) >= 11 is 0. The third-order valence-electron chi connectivity index (χ3n) is 5.99. The first-order valence-corrected chi connectivity index (χ1v) is 11.3. The Hall–Kier alpha value is -3.59. The number of benzene rings is 2. The van der Waals surface area contributed by atoms with E-state index >= 15 is 0 Å². The van der Waals surface area contributed by atoms with E-state index in [9.17, 15) is 14.0 Å². The van der Waals surface area contributed by atoms with Crippen molar-refractivity contribution in [3.05, 3.63) is 54.0 Å². The fourth-order valence-electron chi connectivity index (χ4n) is 4.37. The topological polar surface area (TPSA) is 86.9 Å². The van der Waals surface area contributed by atoms with Gasteiger partial charge in [0.25, 0.3) is 0 Å². The van der Waals surface area contributed by atoms with Gasteiger partial charge in [-0.15, -0.1) is 0 Å². The summed E-state index contributed by atoms with van der Waals surface area (Å²) in [6.07, 6.45) is 0. The Kier molecular flexibility index (Phi) is 7.02. The molecule has 0 bridgehead atoms. The number of methoxy groups -OCH3 is 1. The fourth-order valence-corrected chi connectivity index (χ4v) is 4.37. The van der Waals surface area contributed by atoms with Gasteiger partial charge in [0.1, 0.15) is 17.3 Å². The van der Waals surface area contributed by atoms with E-state index in [1.54, 1.807) is 14.0 Å². The Morgan fingerprint density at radius 1 is 1.18 bits per heavy atom. The zero-order chi connectivity index (χ0) is 24.2. The number of nitrogens with zero attached hydrogens (tertiary/aromatic N) is 2. The second-order valence-electron chi connectivity index (χ2n) is 8.31. The highest BCUT2D eigenvalue weighted by molar-refractivity contribution is 6.11. The van der Waals surface area contributed by atoms with Crippen molar-refractivity contribution in [2.24, 2.45) is 0 Å². The van der Waals surface area contributed by atoms with Gasteiger partial charge in [0.05, 0.1) is 25.9 Å². The average Bonchev–Trinajstić information content (AvgIpc) is 3.17. The first-order valence-electron chi connectivity index (χ1n) is 11.3. The van der Waals surface area contributed by atoms with Crippen LogP contribution in [0.15, 0.2) is 42.5 Å². The van der Waals surface area contributed by atoms with Gasteiger partial charge in [-0.2, -0.15) is 0 Å². The molecule has 1 fully saturated rings. The van der Waals surface area contributed by atoms with E-state index in [4.69, 9.17) is 9.47 Å². The number of hydrogen-bond acceptors (Lipinski definition) is 6. The molecule has 2 heterocycles. The highest BCUT2D eigenvalue weighted by Crippen LogP contribution is 2.29. The largest absolute Gasteiger partial charge is 0.497 e. The molecule has 34 heavy (non-hydrogen) atoms. The molecule has 4 rings (SSSR count). The number of halogens is 1. The quantitative estimate of drug-likeness (QED) is 0.515. The molecule has 180 valence electrons. The lowest BCUT2D eigenvalue weighted by molar-refractivity contribution is -0.117. The first-order chi connectivity index (χ1) is 16.4. The standard InChI is InChI=1S/C25H29FN4O4/c1-4-34-25(32)24-23(20-13-17(26)5-10-21(20)27-24)28-22(31)15-29-11-12-30(16(2)14-29)18-6-8-19(33-3)9-7-18/h5-10,13,16,27H,4,11-12,14-15H2,1-3H3,(H,28,31). The third kappa shape index (κ3) is 4.99. The Morgan fingerprint density at radius 3 is 2.62 bits per heavy atom. The van der Waals surface area contributed by atoms with E-state index < -0.39 is 11.8 Å². The summed E-state index contributed by atoms with van der Waals surface area (Å²) in [6.45, 7) is 6.34. The molecule has 1 aromatic heterocycles. The molecule has 3 aromatic rings. The predicted octanol–water partition coefficient (Wildman–Crippen LogP) is 3.64. The van der Waals surface area contributed by atoms with Gasteiger partial charge in [-0.05, 0) is 56.3 Å². The smallest absolute Gasteiger partial charge is 0.356 e. The van der Waals surface area contributed by atoms with Gasteiger partial charge in [0.2, 0.25) is 5.91 Å². The maximum absolute atomic E-state index is 13.9. The third-order valence-corrected chi connectivity index (χ3v) is 5.99. The SMILES string of the molecule is CCOC(=O)c1[nH]c2ccc(F)cc2c1NC(=O)CN1CCN(c2ccc(OC)cc2)C(C)C1. The molecule has 0 aliphatic carbocycles. The van der Waals surface area contributed by atoms with Gasteiger partial charge in [0, 0.05) is 42.3 Å². The second kappa shape index (κ2) is 10.1. The van der Waals surface area contributed by atoms with Gasteiger partial charge in [0.15, 0.2) is 0 Å². The second-order valence-corrected chi connectivity index (χ2v) is 8.31. The molecule has 0 spiro atoms. The number of anilines is 2. The lowest BCUT2D eigenvalue weighted by Gasteiger charge is -2.41. The van der Waals surface area contributed by atoms with Crippen molar-refractivity contribution in [2.75, 3.05) is 50.1 Å². The minimum atomic E-state index is -0.601. The van der Waals surface area contributed by atoms with Crippen molar-refractivity contribution in [1.29, 1.82) is 0 Å². The molecule has 2 N–H and O–H groups in total. The number of carbonyl (C=O) groups is 2. The molecular formula is C25H29FN4O4. The number of carbonyl (C=O) groups excluding carboxylic acids is 2. The molecule has 2 aromatic carbocycles. The monoisotopic (exact) mass is 468 g/mol. The van der Waals surface area contributed by atoms with Crippen LogP contribution < -0.4 is 15.0 Å². The van der Waals surface area contributed by atoms with Crippen molar-refractivity contribution in [1.82, 2.24) is 9.88 Å². The molecule has 1 amide bonds. The van der Waals surface area contributed by atoms with Crippen molar-refractivity contribution in [3.8, 4) is 5.75 Å². The number of H-pyrrole nitrogens is 1. The molecule has 1 aliphatic heterocycles. The Morgan fingerprint density at radius 2 is 1.94 bits per heavy atom. The maximum atomic E-state index is 13.9. The van der Waals surface area contributed by atoms with Crippen molar-refractivity contribution >= 4 is 34.2 Å². The van der Waals surface area contributed by atoms with Crippen LogP contribution in [0.1, 0.15) is 24.3 Å². The lowest BCUT2D eigenvalue weighted by Crippen LogP contribution is -2.53. The highest BCUT2D eigenvalue weighted by Gasteiger charge is 2.27. The van der Waals surface area contributed by atoms with Crippen molar-refractivity contribution in [2.45, 2.75) is 19.9 Å². The van der Waals surface area contributed by atoms with E-state index in [1.807, 2.05) is 24.3 Å². The molecule has 0 radical (unpaired) electrons. The van der Waals surface area contributed by atoms with Crippen LogP contribution in [0.2, 0.25) is 0 Å². The zero-order valence-electron chi connectivity index (χ0n) is 19.6. The number of piperazine rings is 1. The first kappa shape index (κ1) is 23.6. The highest BCUT2D eigenvalue weighted by atomic mass is 19.1. The number of esters is 1. The molecule has 1 saturated heterocycles. The summed E-state index contributed by atoms with van der Waals surface area (Å²) in [7, 11) is 1.64. The van der Waals surface area contributed by atoms with Gasteiger partial charge in [-0.3, -0.25) is 9.69 Å². The van der Waals surface area contributed by atoms with Crippen LogP contribution in [0.25, 0.3) is 10.9 Å². The van der Waals surface area contributed by atoms with Crippen LogP contribution in [0, 0.1) is 5.82 Å². The normalized spacial score (nSPS) is 16.5. The predicted molar refractivity (Wildman–Crippen MR) is 129 cm³/mol. The number of amides is 1. The van der Waals surface area contributed by atoms with E-state index in [2.05, 4.69) is 27.0 Å². The lowest BCUT2D eigenvalue weighted by atomic mass is 10.1. The van der Waals surface area contributed by atoms with E-state index in [0.717, 1.165) is 18.0 Å². The summed E-state index contributed by atoms with van der Waals surface area (Å²) in [6, 6.07) is 12.3. The molecule has 0 saturated carbocycles. The van der Waals surface area contributed by atoms with Crippen LogP contribution >= 0.6 is 0 Å². The van der Waals surface area contributed by atoms with Gasteiger partial charge in [-0.25, -0.2) is 9.18 Å². The van der Waals surface area contributed by atoms with Gasteiger partial charge >= 0.3 is 5.97 Å². The number of aromatic nitrogens is 1. The van der Waals surface area contributed by atoms with E-state index in [0.29, 0.717) is 24.0 Å². The summed E-state index contributed by atoms with van der Waals surface area (Å²) < 4.78 is 24.2.